The molecule has 0 saturated carbocycles. The SMILES string of the molecule is COC(=O)C1=C(C)N=c2sc(=C3C(=O)N(OC(C)=O)c4ccccc43)c(=O)n2C1c1ccccc1. The molecular formula is C25H19N3O6S. The molecule has 1 aromatic heterocycles. The Balaban J connectivity index is 1.82. The van der Waals surface area contributed by atoms with Gasteiger partial charge in [-0.25, -0.2) is 14.6 Å². The van der Waals surface area contributed by atoms with Crippen LogP contribution in [0.4, 0.5) is 5.69 Å². The van der Waals surface area contributed by atoms with E-state index in [1.165, 1.54) is 18.6 Å². The number of hydroxylamine groups is 1. The molecule has 176 valence electrons. The number of fused-ring (bicyclic) bond motifs is 2. The largest absolute Gasteiger partial charge is 0.466 e. The van der Waals surface area contributed by atoms with Gasteiger partial charge in [-0.1, -0.05) is 59.9 Å². The Morgan fingerprint density at radius 1 is 1.03 bits per heavy atom. The molecule has 2 aliphatic rings. The van der Waals surface area contributed by atoms with Gasteiger partial charge >= 0.3 is 11.9 Å². The Bertz CT molecular complexity index is 1620. The number of benzene rings is 2. The second-order valence-corrected chi connectivity index (χ2v) is 8.86. The van der Waals surface area contributed by atoms with Crippen LogP contribution < -0.4 is 20.0 Å². The van der Waals surface area contributed by atoms with Gasteiger partial charge in [0.05, 0.1) is 35.7 Å². The monoisotopic (exact) mass is 489 g/mol. The van der Waals surface area contributed by atoms with Crippen LogP contribution in [0, 0.1) is 0 Å². The number of hydrogen-bond donors (Lipinski definition) is 0. The van der Waals surface area contributed by atoms with Crippen LogP contribution >= 0.6 is 11.3 Å². The standard InChI is InChI=1S/C25H19N3O6S/c1-13-18(24(32)33-3)20(15-9-5-4-6-10-15)27-23(31)21(35-25(27)26-13)19-16-11-7-8-12-17(16)28(22(19)30)34-14(2)29/h4-12,20H,1-3H3. The van der Waals surface area contributed by atoms with Gasteiger partial charge in [0.1, 0.15) is 4.53 Å². The fraction of sp³-hybridized carbons (Fsp3) is 0.160. The van der Waals surface area contributed by atoms with Gasteiger partial charge in [-0.3, -0.25) is 14.2 Å². The van der Waals surface area contributed by atoms with E-state index in [0.29, 0.717) is 27.3 Å². The van der Waals surface area contributed by atoms with Gasteiger partial charge in [0.25, 0.3) is 11.5 Å². The van der Waals surface area contributed by atoms with E-state index in [1.807, 2.05) is 30.3 Å². The molecule has 3 heterocycles. The molecule has 9 nitrogen and oxygen atoms in total. The molecule has 0 fully saturated rings. The van der Waals surface area contributed by atoms with Gasteiger partial charge < -0.3 is 9.57 Å². The van der Waals surface area contributed by atoms with Crippen LogP contribution in [0.3, 0.4) is 0 Å². The molecule has 10 heteroatoms. The van der Waals surface area contributed by atoms with Crippen molar-refractivity contribution in [2.24, 2.45) is 4.99 Å². The average molecular weight is 490 g/mol. The first-order valence-electron chi connectivity index (χ1n) is 10.6. The highest BCUT2D eigenvalue weighted by Crippen LogP contribution is 2.35. The summed E-state index contributed by atoms with van der Waals surface area (Å²) in [4.78, 5) is 61.6. The molecule has 0 saturated heterocycles. The number of nitrogens with zero attached hydrogens (tertiary/aromatic N) is 3. The minimum Gasteiger partial charge on any atom is -0.466 e. The van der Waals surface area contributed by atoms with E-state index >= 15 is 0 Å². The van der Waals surface area contributed by atoms with Crippen LogP contribution in [0.15, 0.2) is 75.7 Å². The Morgan fingerprint density at radius 3 is 2.40 bits per heavy atom. The first-order valence-corrected chi connectivity index (χ1v) is 11.5. The van der Waals surface area contributed by atoms with E-state index in [4.69, 9.17) is 9.57 Å². The fourth-order valence-electron chi connectivity index (χ4n) is 4.32. The van der Waals surface area contributed by atoms with Crippen molar-refractivity contribution in [1.82, 2.24) is 4.57 Å². The zero-order valence-corrected chi connectivity index (χ0v) is 19.8. The molecule has 1 atom stereocenters. The average Bonchev–Trinajstić information content (AvgIpc) is 3.31. The maximum absolute atomic E-state index is 13.9. The predicted molar refractivity (Wildman–Crippen MR) is 127 cm³/mol. The van der Waals surface area contributed by atoms with Crippen LogP contribution in [-0.2, 0) is 24.0 Å². The molecule has 3 aromatic rings. The van der Waals surface area contributed by atoms with E-state index < -0.39 is 29.4 Å². The molecule has 0 aliphatic carbocycles. The fourth-order valence-corrected chi connectivity index (χ4v) is 5.46. The molecule has 0 spiro atoms. The van der Waals surface area contributed by atoms with Crippen LogP contribution in [0.25, 0.3) is 5.57 Å². The van der Waals surface area contributed by atoms with Crippen molar-refractivity contribution < 1.29 is 24.0 Å². The zero-order chi connectivity index (χ0) is 24.9. The summed E-state index contributed by atoms with van der Waals surface area (Å²) in [5.41, 5.74) is 1.80. The van der Waals surface area contributed by atoms with Crippen molar-refractivity contribution >= 4 is 40.4 Å². The second-order valence-electron chi connectivity index (χ2n) is 7.88. The van der Waals surface area contributed by atoms with E-state index in [0.717, 1.165) is 16.4 Å². The second kappa shape index (κ2) is 8.48. The summed E-state index contributed by atoms with van der Waals surface area (Å²) in [6.07, 6.45) is 0. The van der Waals surface area contributed by atoms with Crippen LogP contribution in [-0.4, -0.2) is 29.5 Å². The third kappa shape index (κ3) is 3.50. The Hall–Kier alpha value is -4.31. The third-order valence-corrected chi connectivity index (χ3v) is 6.81. The van der Waals surface area contributed by atoms with Crippen molar-refractivity contribution in [3.63, 3.8) is 0 Å². The van der Waals surface area contributed by atoms with Gasteiger partial charge in [0.2, 0.25) is 0 Å². The Labute approximate surface area is 202 Å². The minimum atomic E-state index is -0.787. The van der Waals surface area contributed by atoms with Crippen molar-refractivity contribution in [1.29, 1.82) is 0 Å². The van der Waals surface area contributed by atoms with E-state index in [2.05, 4.69) is 4.99 Å². The number of methoxy groups -OCH3 is 1. The number of anilines is 1. The normalized spacial score (nSPS) is 18.1. The number of carbonyl (C=O) groups is 3. The number of carbonyl (C=O) groups excluding carboxylic acids is 3. The summed E-state index contributed by atoms with van der Waals surface area (Å²) in [5.74, 6) is -1.90. The highest BCUT2D eigenvalue weighted by Gasteiger charge is 2.38. The zero-order valence-electron chi connectivity index (χ0n) is 19.0. The summed E-state index contributed by atoms with van der Waals surface area (Å²) >= 11 is 1.04. The van der Waals surface area contributed by atoms with Crippen LogP contribution in [0.5, 0.6) is 0 Å². The molecule has 1 unspecified atom stereocenters. The number of amides is 1. The number of esters is 1. The molecule has 35 heavy (non-hydrogen) atoms. The van der Waals surface area contributed by atoms with Crippen LogP contribution in [0.2, 0.25) is 0 Å². The summed E-state index contributed by atoms with van der Waals surface area (Å²) in [6, 6.07) is 15.0. The number of allylic oxidation sites excluding steroid dienone is 1. The number of ether oxygens (including phenoxy) is 1. The molecule has 5 rings (SSSR count). The number of thiazole rings is 1. The van der Waals surface area contributed by atoms with Gasteiger partial charge in [0.15, 0.2) is 4.80 Å². The summed E-state index contributed by atoms with van der Waals surface area (Å²) in [7, 11) is 1.27. The molecule has 2 aromatic carbocycles. The maximum Gasteiger partial charge on any atom is 0.338 e. The van der Waals surface area contributed by atoms with Gasteiger partial charge in [-0.05, 0) is 18.6 Å². The molecule has 0 N–H and O–H groups in total. The minimum absolute atomic E-state index is 0.109. The Morgan fingerprint density at radius 2 is 1.71 bits per heavy atom. The highest BCUT2D eigenvalue weighted by molar-refractivity contribution is 7.07. The lowest BCUT2D eigenvalue weighted by Gasteiger charge is -2.24. The van der Waals surface area contributed by atoms with Crippen molar-refractivity contribution in [3.8, 4) is 0 Å². The smallest absolute Gasteiger partial charge is 0.338 e. The third-order valence-electron chi connectivity index (χ3n) is 5.76. The quantitative estimate of drug-likeness (QED) is 0.518. The lowest BCUT2D eigenvalue weighted by atomic mass is 9.96. The summed E-state index contributed by atoms with van der Waals surface area (Å²) < 4.78 is 6.55. The number of aromatic nitrogens is 1. The molecule has 0 bridgehead atoms. The van der Waals surface area contributed by atoms with Gasteiger partial charge in [0, 0.05) is 12.5 Å². The highest BCUT2D eigenvalue weighted by atomic mass is 32.1. The first kappa shape index (κ1) is 22.5. The molecular weight excluding hydrogens is 470 g/mol. The number of rotatable bonds is 3. The van der Waals surface area contributed by atoms with E-state index in [1.54, 1.807) is 31.2 Å². The topological polar surface area (TPSA) is 107 Å². The van der Waals surface area contributed by atoms with Crippen molar-refractivity contribution in [2.75, 3.05) is 12.2 Å². The van der Waals surface area contributed by atoms with E-state index in [-0.39, 0.29) is 15.7 Å². The van der Waals surface area contributed by atoms with Crippen molar-refractivity contribution in [2.45, 2.75) is 19.9 Å². The number of hydrogen-bond acceptors (Lipinski definition) is 8. The lowest BCUT2D eigenvalue weighted by Crippen LogP contribution is -2.41. The molecule has 1 amide bonds. The first-order chi connectivity index (χ1) is 16.8. The maximum atomic E-state index is 13.9. The molecule has 0 radical (unpaired) electrons. The summed E-state index contributed by atoms with van der Waals surface area (Å²) in [5, 5.41) is 0.894. The lowest BCUT2D eigenvalue weighted by molar-refractivity contribution is -0.146. The predicted octanol–water partition coefficient (Wildman–Crippen LogP) is 1.60. The Kier molecular flexibility index (Phi) is 5.45. The van der Waals surface area contributed by atoms with E-state index in [9.17, 15) is 19.2 Å². The summed E-state index contributed by atoms with van der Waals surface area (Å²) in [6.45, 7) is 2.87. The van der Waals surface area contributed by atoms with Gasteiger partial charge in [-0.15, -0.1) is 5.06 Å². The van der Waals surface area contributed by atoms with Crippen molar-refractivity contribution in [3.05, 3.63) is 96.7 Å². The van der Waals surface area contributed by atoms with Crippen LogP contribution in [0.1, 0.15) is 31.0 Å². The molecule has 2 aliphatic heterocycles. The number of para-hydroxylation sites is 1. The van der Waals surface area contributed by atoms with Gasteiger partial charge in [-0.2, -0.15) is 0 Å².